The summed E-state index contributed by atoms with van der Waals surface area (Å²) in [7, 11) is 0. The lowest BCUT2D eigenvalue weighted by atomic mass is 10.2. The van der Waals surface area contributed by atoms with Crippen LogP contribution in [0, 0.1) is 0 Å². The second-order valence-electron chi connectivity index (χ2n) is 4.71. The van der Waals surface area contributed by atoms with Gasteiger partial charge in [-0.3, -0.25) is 4.98 Å². The maximum atomic E-state index is 5.99. The molecule has 0 amide bonds. The summed E-state index contributed by atoms with van der Waals surface area (Å²) in [6.45, 7) is 2.00. The van der Waals surface area contributed by atoms with Crippen molar-refractivity contribution in [1.82, 2.24) is 4.98 Å². The molecule has 0 bridgehead atoms. The normalized spacial score (nSPS) is 17.9. The molecule has 1 aromatic carbocycles. The number of hydrogen-bond acceptors (Lipinski definition) is 5. The van der Waals surface area contributed by atoms with E-state index in [1.54, 1.807) is 18.5 Å². The summed E-state index contributed by atoms with van der Waals surface area (Å²) in [5.74, 6) is 0.635. The van der Waals surface area contributed by atoms with Crippen LogP contribution in [0.4, 0.5) is 11.4 Å². The number of aromatic nitrogens is 1. The van der Waals surface area contributed by atoms with Crippen LogP contribution in [0.5, 0.6) is 5.75 Å². The zero-order valence-corrected chi connectivity index (χ0v) is 11.2. The van der Waals surface area contributed by atoms with Crippen LogP contribution in [-0.2, 0) is 0 Å². The fraction of sp³-hybridized carbons (Fsp3) is 0.200. The van der Waals surface area contributed by atoms with Gasteiger partial charge in [-0.05, 0) is 19.1 Å². The summed E-state index contributed by atoms with van der Waals surface area (Å²) in [4.78, 5) is 3.96. The van der Waals surface area contributed by atoms with Crippen LogP contribution in [0.3, 0.4) is 0 Å². The summed E-state index contributed by atoms with van der Waals surface area (Å²) < 4.78 is 5.99. The molecule has 0 saturated carbocycles. The summed E-state index contributed by atoms with van der Waals surface area (Å²) in [5, 5.41) is 6.42. The minimum Gasteiger partial charge on any atom is -0.466 e. The topological polar surface area (TPSA) is 63.7 Å². The predicted molar refractivity (Wildman–Crippen MR) is 79.7 cm³/mol. The number of pyridine rings is 1. The Morgan fingerprint density at radius 2 is 2.05 bits per heavy atom. The van der Waals surface area contributed by atoms with E-state index in [1.165, 1.54) is 0 Å². The molecule has 0 fully saturated rings. The lowest BCUT2D eigenvalue weighted by molar-refractivity contribution is 0.214. The Bertz CT molecular complexity index is 627. The number of benzene rings is 1. The quantitative estimate of drug-likeness (QED) is 0.929. The van der Waals surface area contributed by atoms with E-state index in [9.17, 15) is 0 Å². The van der Waals surface area contributed by atoms with Gasteiger partial charge in [0.25, 0.3) is 0 Å². The van der Waals surface area contributed by atoms with Gasteiger partial charge in [-0.15, -0.1) is 0 Å². The van der Waals surface area contributed by atoms with E-state index in [0.717, 1.165) is 17.8 Å². The first-order valence-electron chi connectivity index (χ1n) is 6.48. The van der Waals surface area contributed by atoms with Crippen LogP contribution < -0.4 is 15.5 Å². The van der Waals surface area contributed by atoms with Gasteiger partial charge in [-0.1, -0.05) is 18.2 Å². The van der Waals surface area contributed by atoms with Crippen molar-refractivity contribution in [3.63, 3.8) is 0 Å². The van der Waals surface area contributed by atoms with Crippen LogP contribution in [-0.4, -0.2) is 16.9 Å². The molecule has 1 aliphatic rings. The van der Waals surface area contributed by atoms with Crippen molar-refractivity contribution < 1.29 is 4.74 Å². The summed E-state index contributed by atoms with van der Waals surface area (Å²) in [5.41, 5.74) is 8.44. The van der Waals surface area contributed by atoms with Crippen LogP contribution >= 0.6 is 0 Å². The second-order valence-corrected chi connectivity index (χ2v) is 4.71. The zero-order valence-electron chi connectivity index (χ0n) is 11.2. The average molecular weight is 268 g/mol. The molecule has 2 heterocycles. The Hall–Kier alpha value is -2.56. The zero-order chi connectivity index (χ0) is 13.9. The SMILES string of the molecule is CC1=NN(c2ccccc2)C(Oc2ccncc2N)C1. The Kier molecular flexibility index (Phi) is 3.25. The van der Waals surface area contributed by atoms with E-state index in [1.807, 2.05) is 42.3 Å². The number of hydrogen-bond donors (Lipinski definition) is 1. The largest absolute Gasteiger partial charge is 0.466 e. The smallest absolute Gasteiger partial charge is 0.197 e. The molecule has 2 aromatic rings. The average Bonchev–Trinajstić information content (AvgIpc) is 2.83. The molecule has 5 nitrogen and oxygen atoms in total. The molecule has 3 rings (SSSR count). The Labute approximate surface area is 117 Å². The third-order valence-corrected chi connectivity index (χ3v) is 3.12. The number of anilines is 2. The highest BCUT2D eigenvalue weighted by atomic mass is 16.5. The van der Waals surface area contributed by atoms with Gasteiger partial charge >= 0.3 is 0 Å². The summed E-state index contributed by atoms with van der Waals surface area (Å²) >= 11 is 0. The summed E-state index contributed by atoms with van der Waals surface area (Å²) in [6, 6.07) is 11.7. The number of hydrazone groups is 1. The predicted octanol–water partition coefficient (Wildman–Crippen LogP) is 2.65. The van der Waals surface area contributed by atoms with Crippen molar-refractivity contribution in [1.29, 1.82) is 0 Å². The molecule has 2 N–H and O–H groups in total. The molecule has 0 radical (unpaired) electrons. The van der Waals surface area contributed by atoms with Gasteiger partial charge in [0.2, 0.25) is 0 Å². The molecule has 1 aliphatic heterocycles. The van der Waals surface area contributed by atoms with Gasteiger partial charge in [0.05, 0.1) is 17.6 Å². The van der Waals surface area contributed by atoms with E-state index in [2.05, 4.69) is 10.1 Å². The lowest BCUT2D eigenvalue weighted by Gasteiger charge is -2.24. The molecule has 0 spiro atoms. The first-order chi connectivity index (χ1) is 9.74. The van der Waals surface area contributed by atoms with E-state index in [-0.39, 0.29) is 6.23 Å². The van der Waals surface area contributed by atoms with Crippen molar-refractivity contribution in [2.45, 2.75) is 19.6 Å². The van der Waals surface area contributed by atoms with E-state index in [0.29, 0.717) is 11.4 Å². The van der Waals surface area contributed by atoms with Crippen molar-refractivity contribution in [2.24, 2.45) is 5.10 Å². The first-order valence-corrected chi connectivity index (χ1v) is 6.48. The standard InChI is InChI=1S/C15H16N4O/c1-11-9-15(20-14-7-8-17-10-13(14)16)19(18-11)12-5-3-2-4-6-12/h2-8,10,15H,9,16H2,1H3. The third-order valence-electron chi connectivity index (χ3n) is 3.12. The first kappa shape index (κ1) is 12.5. The minimum absolute atomic E-state index is 0.179. The Morgan fingerprint density at radius 3 is 2.80 bits per heavy atom. The van der Waals surface area contributed by atoms with Crippen molar-refractivity contribution in [3.05, 3.63) is 48.8 Å². The molecule has 0 aliphatic carbocycles. The third kappa shape index (κ3) is 2.42. The van der Waals surface area contributed by atoms with Crippen molar-refractivity contribution in [2.75, 3.05) is 10.7 Å². The second kappa shape index (κ2) is 5.21. The number of nitrogens with two attached hydrogens (primary N) is 1. The molecule has 5 heteroatoms. The molecular formula is C15H16N4O. The maximum Gasteiger partial charge on any atom is 0.197 e. The fourth-order valence-corrected chi connectivity index (χ4v) is 2.17. The highest BCUT2D eigenvalue weighted by molar-refractivity contribution is 5.86. The number of rotatable bonds is 3. The van der Waals surface area contributed by atoms with Crippen molar-refractivity contribution >= 4 is 17.1 Å². The van der Waals surface area contributed by atoms with E-state index in [4.69, 9.17) is 10.5 Å². The maximum absolute atomic E-state index is 5.99. The Morgan fingerprint density at radius 1 is 1.25 bits per heavy atom. The van der Waals surface area contributed by atoms with Gasteiger partial charge in [0.1, 0.15) is 5.75 Å². The van der Waals surface area contributed by atoms with Gasteiger partial charge in [-0.2, -0.15) is 5.10 Å². The molecule has 1 atom stereocenters. The van der Waals surface area contributed by atoms with Crippen LogP contribution in [0.25, 0.3) is 0 Å². The highest BCUT2D eigenvalue weighted by Gasteiger charge is 2.27. The molecule has 0 saturated heterocycles. The van der Waals surface area contributed by atoms with Gasteiger partial charge < -0.3 is 10.5 Å². The monoisotopic (exact) mass is 268 g/mol. The number of nitrogen functional groups attached to an aromatic ring is 1. The molecule has 102 valence electrons. The molecular weight excluding hydrogens is 252 g/mol. The van der Waals surface area contributed by atoms with Crippen LogP contribution in [0.15, 0.2) is 53.9 Å². The fourth-order valence-electron chi connectivity index (χ4n) is 2.17. The van der Waals surface area contributed by atoms with Gasteiger partial charge in [0.15, 0.2) is 6.23 Å². The van der Waals surface area contributed by atoms with Gasteiger partial charge in [0, 0.05) is 24.4 Å². The number of para-hydroxylation sites is 1. The lowest BCUT2D eigenvalue weighted by Crippen LogP contribution is -2.32. The number of nitrogens with zero attached hydrogens (tertiary/aromatic N) is 3. The minimum atomic E-state index is -0.179. The van der Waals surface area contributed by atoms with Gasteiger partial charge in [-0.25, -0.2) is 5.01 Å². The van der Waals surface area contributed by atoms with E-state index >= 15 is 0 Å². The Balaban J connectivity index is 1.85. The molecule has 1 unspecified atom stereocenters. The molecule has 20 heavy (non-hydrogen) atoms. The number of ether oxygens (including phenoxy) is 1. The van der Waals surface area contributed by atoms with Crippen LogP contribution in [0.1, 0.15) is 13.3 Å². The highest BCUT2D eigenvalue weighted by Crippen LogP contribution is 2.28. The van der Waals surface area contributed by atoms with Crippen molar-refractivity contribution in [3.8, 4) is 5.75 Å². The molecule has 1 aromatic heterocycles. The van der Waals surface area contributed by atoms with E-state index < -0.39 is 0 Å². The van der Waals surface area contributed by atoms with Crippen LogP contribution in [0.2, 0.25) is 0 Å². The summed E-state index contributed by atoms with van der Waals surface area (Å²) in [6.07, 6.45) is 3.82.